The number of hydrogen-bond acceptors (Lipinski definition) is 4. The molecule has 0 fully saturated rings. The number of aromatic nitrogens is 2. The number of benzene rings is 1. The van der Waals surface area contributed by atoms with Gasteiger partial charge < -0.3 is 10.1 Å². The molecule has 0 aliphatic heterocycles. The van der Waals surface area contributed by atoms with Crippen LogP contribution in [0.2, 0.25) is 0 Å². The fraction of sp³-hybridized carbons (Fsp3) is 0.133. The largest absolute Gasteiger partial charge is 0.325 e. The van der Waals surface area contributed by atoms with Crippen LogP contribution in [0.1, 0.15) is 5.69 Å². The van der Waals surface area contributed by atoms with Crippen molar-refractivity contribution in [1.82, 2.24) is 9.38 Å². The summed E-state index contributed by atoms with van der Waals surface area (Å²) in [6.07, 6.45) is 3.11. The van der Waals surface area contributed by atoms with E-state index in [9.17, 15) is 8.42 Å². The predicted molar refractivity (Wildman–Crippen MR) is 81.6 cm³/mol. The Bertz CT molecular complexity index is 896. The summed E-state index contributed by atoms with van der Waals surface area (Å²) in [7, 11) is -3.19. The first-order valence-corrected chi connectivity index (χ1v) is 8.36. The number of fused-ring (bicyclic) bond motifs is 1. The number of sulfone groups is 1. The van der Waals surface area contributed by atoms with Crippen LogP contribution in [0, 0.1) is 0 Å². The van der Waals surface area contributed by atoms with Crippen molar-refractivity contribution >= 4 is 15.5 Å². The van der Waals surface area contributed by atoms with Gasteiger partial charge in [0.05, 0.1) is 16.3 Å². The Balaban J connectivity index is 2.16. The summed E-state index contributed by atoms with van der Waals surface area (Å²) < 4.78 is 25.0. The molecule has 2 heterocycles. The van der Waals surface area contributed by atoms with Gasteiger partial charge in [-0.3, -0.25) is 0 Å². The maximum absolute atomic E-state index is 11.5. The molecule has 108 valence electrons. The summed E-state index contributed by atoms with van der Waals surface area (Å²) in [4.78, 5) is 4.87. The minimum atomic E-state index is -3.19. The summed E-state index contributed by atoms with van der Waals surface area (Å²) >= 11 is 0. The number of nitrogens with zero attached hydrogens (tertiary/aromatic N) is 2. The Kier molecular flexibility index (Phi) is 3.27. The zero-order valence-corrected chi connectivity index (χ0v) is 12.3. The Hall–Kier alpha value is -2.18. The van der Waals surface area contributed by atoms with Crippen LogP contribution in [0.5, 0.6) is 0 Å². The van der Waals surface area contributed by atoms with Crippen LogP contribution in [-0.4, -0.2) is 24.1 Å². The number of nitrogens with two attached hydrogens (primary N) is 1. The fourth-order valence-electron chi connectivity index (χ4n) is 2.33. The van der Waals surface area contributed by atoms with E-state index in [1.54, 1.807) is 24.3 Å². The van der Waals surface area contributed by atoms with Gasteiger partial charge in [0.2, 0.25) is 0 Å². The van der Waals surface area contributed by atoms with E-state index in [0.29, 0.717) is 11.4 Å². The number of imidazole rings is 1. The lowest BCUT2D eigenvalue weighted by molar-refractivity contribution is 0.602. The summed E-state index contributed by atoms with van der Waals surface area (Å²) in [5.41, 5.74) is 9.20. The predicted octanol–water partition coefficient (Wildman–Crippen LogP) is 1.86. The highest BCUT2D eigenvalue weighted by Crippen LogP contribution is 2.25. The molecule has 2 N–H and O–H groups in total. The van der Waals surface area contributed by atoms with Crippen molar-refractivity contribution in [2.24, 2.45) is 5.73 Å². The molecule has 5 nitrogen and oxygen atoms in total. The number of pyridine rings is 1. The first-order chi connectivity index (χ1) is 10.0. The molecule has 2 aromatic heterocycles. The molecule has 0 aliphatic rings. The number of rotatable bonds is 3. The Labute approximate surface area is 123 Å². The van der Waals surface area contributed by atoms with Crippen molar-refractivity contribution in [2.45, 2.75) is 11.4 Å². The highest BCUT2D eigenvalue weighted by molar-refractivity contribution is 7.90. The van der Waals surface area contributed by atoms with Crippen LogP contribution in [0.3, 0.4) is 0 Å². The van der Waals surface area contributed by atoms with Crippen LogP contribution < -0.4 is 5.73 Å². The van der Waals surface area contributed by atoms with Gasteiger partial charge in [-0.05, 0) is 24.3 Å². The highest BCUT2D eigenvalue weighted by atomic mass is 32.2. The molecule has 0 saturated carbocycles. The molecule has 0 spiro atoms. The van der Waals surface area contributed by atoms with Gasteiger partial charge in [0.25, 0.3) is 0 Å². The van der Waals surface area contributed by atoms with Gasteiger partial charge in [0.1, 0.15) is 5.65 Å². The van der Waals surface area contributed by atoms with E-state index in [1.165, 1.54) is 6.26 Å². The van der Waals surface area contributed by atoms with E-state index < -0.39 is 9.84 Å². The second kappa shape index (κ2) is 4.98. The minimum Gasteiger partial charge on any atom is -0.325 e. The molecule has 0 unspecified atom stereocenters. The quantitative estimate of drug-likeness (QED) is 0.801. The fourth-order valence-corrected chi connectivity index (χ4v) is 2.96. The van der Waals surface area contributed by atoms with Gasteiger partial charge in [0, 0.05) is 24.6 Å². The molecule has 0 bridgehead atoms. The lowest BCUT2D eigenvalue weighted by Gasteiger charge is -2.03. The molecule has 0 aliphatic carbocycles. The van der Waals surface area contributed by atoms with Gasteiger partial charge in [-0.1, -0.05) is 18.2 Å². The second-order valence-electron chi connectivity index (χ2n) is 4.84. The SMILES string of the molecule is CS(=O)(=O)c1ccc(-c2nc3ccccn3c2CN)cc1. The smallest absolute Gasteiger partial charge is 0.175 e. The van der Waals surface area contributed by atoms with E-state index in [4.69, 9.17) is 5.73 Å². The van der Waals surface area contributed by atoms with Crippen molar-refractivity contribution in [1.29, 1.82) is 0 Å². The first-order valence-electron chi connectivity index (χ1n) is 6.47. The van der Waals surface area contributed by atoms with Crippen LogP contribution in [0.4, 0.5) is 0 Å². The molecular weight excluding hydrogens is 286 g/mol. The third kappa shape index (κ3) is 2.43. The van der Waals surface area contributed by atoms with Gasteiger partial charge >= 0.3 is 0 Å². The van der Waals surface area contributed by atoms with Crippen molar-refractivity contribution < 1.29 is 8.42 Å². The Morgan fingerprint density at radius 3 is 2.48 bits per heavy atom. The first kappa shape index (κ1) is 13.8. The summed E-state index contributed by atoms with van der Waals surface area (Å²) in [6, 6.07) is 12.5. The average Bonchev–Trinajstić information content (AvgIpc) is 2.85. The lowest BCUT2D eigenvalue weighted by atomic mass is 10.1. The Morgan fingerprint density at radius 1 is 1.14 bits per heavy atom. The van der Waals surface area contributed by atoms with E-state index in [1.807, 2.05) is 28.8 Å². The van der Waals surface area contributed by atoms with Crippen LogP contribution in [0.25, 0.3) is 16.9 Å². The molecule has 3 rings (SSSR count). The standard InChI is InChI=1S/C15H15N3O2S/c1-21(19,20)12-7-5-11(6-8-12)15-13(10-16)18-9-3-2-4-14(18)17-15/h2-9H,10,16H2,1H3. The zero-order chi connectivity index (χ0) is 15.0. The number of hydrogen-bond donors (Lipinski definition) is 1. The lowest BCUT2D eigenvalue weighted by Crippen LogP contribution is -2.02. The normalized spacial score (nSPS) is 11.9. The molecule has 0 atom stereocenters. The van der Waals surface area contributed by atoms with Gasteiger partial charge in [0.15, 0.2) is 9.84 Å². The highest BCUT2D eigenvalue weighted by Gasteiger charge is 2.13. The summed E-state index contributed by atoms with van der Waals surface area (Å²) in [6.45, 7) is 0.355. The molecule has 1 aromatic carbocycles. The maximum atomic E-state index is 11.5. The molecule has 0 amide bonds. The van der Waals surface area contributed by atoms with Crippen LogP contribution in [0.15, 0.2) is 53.6 Å². The minimum absolute atomic E-state index is 0.296. The van der Waals surface area contributed by atoms with Gasteiger partial charge in [-0.15, -0.1) is 0 Å². The topological polar surface area (TPSA) is 77.5 Å². The maximum Gasteiger partial charge on any atom is 0.175 e. The van der Waals surface area contributed by atoms with Gasteiger partial charge in [-0.2, -0.15) is 0 Å². The molecule has 0 radical (unpaired) electrons. The third-order valence-electron chi connectivity index (χ3n) is 3.38. The van der Waals surface area contributed by atoms with Crippen molar-refractivity contribution in [3.8, 4) is 11.3 Å². The molecular formula is C15H15N3O2S. The zero-order valence-electron chi connectivity index (χ0n) is 11.5. The van der Waals surface area contributed by atoms with E-state index in [0.717, 1.165) is 22.6 Å². The van der Waals surface area contributed by atoms with Crippen molar-refractivity contribution in [2.75, 3.05) is 6.26 Å². The summed E-state index contributed by atoms with van der Waals surface area (Å²) in [5.74, 6) is 0. The van der Waals surface area contributed by atoms with Crippen molar-refractivity contribution in [3.05, 3.63) is 54.4 Å². The molecule has 21 heavy (non-hydrogen) atoms. The van der Waals surface area contributed by atoms with Crippen molar-refractivity contribution in [3.63, 3.8) is 0 Å². The molecule has 6 heteroatoms. The van der Waals surface area contributed by atoms with E-state index >= 15 is 0 Å². The monoisotopic (exact) mass is 301 g/mol. The molecule has 3 aromatic rings. The van der Waals surface area contributed by atoms with Crippen LogP contribution in [-0.2, 0) is 16.4 Å². The summed E-state index contributed by atoms with van der Waals surface area (Å²) in [5, 5.41) is 0. The second-order valence-corrected chi connectivity index (χ2v) is 6.85. The van der Waals surface area contributed by atoms with E-state index in [2.05, 4.69) is 4.98 Å². The van der Waals surface area contributed by atoms with Crippen LogP contribution >= 0.6 is 0 Å². The van der Waals surface area contributed by atoms with Gasteiger partial charge in [-0.25, -0.2) is 13.4 Å². The van der Waals surface area contributed by atoms with E-state index in [-0.39, 0.29) is 0 Å². The third-order valence-corrected chi connectivity index (χ3v) is 4.51. The average molecular weight is 301 g/mol. The molecule has 0 saturated heterocycles. The Morgan fingerprint density at radius 2 is 1.86 bits per heavy atom.